The highest BCUT2D eigenvalue weighted by atomic mass is 35.5. The molecule has 1 unspecified atom stereocenters. The maximum atomic E-state index is 13.3. The van der Waals surface area contributed by atoms with E-state index in [-0.39, 0.29) is 48.1 Å². The fourth-order valence-electron chi connectivity index (χ4n) is 5.48. The smallest absolute Gasteiger partial charge is 0.411 e. The van der Waals surface area contributed by atoms with Gasteiger partial charge in [-0.05, 0) is 79.3 Å². The molecule has 0 aromatic heterocycles. The molecule has 4 rings (SSSR count). The highest BCUT2D eigenvalue weighted by molar-refractivity contribution is 7.89. The van der Waals surface area contributed by atoms with Crippen molar-refractivity contribution in [3.8, 4) is 12.3 Å². The average Bonchev–Trinajstić information content (AvgIpc) is 3.05. The van der Waals surface area contributed by atoms with Gasteiger partial charge in [-0.3, -0.25) is 15.0 Å². The number of carbonyl (C=O) groups excluding carboxylic acids is 1. The number of hydrogen-bond acceptors (Lipinski definition) is 7. The van der Waals surface area contributed by atoms with Gasteiger partial charge >= 0.3 is 6.09 Å². The number of sulfonamides is 1. The lowest BCUT2D eigenvalue weighted by molar-refractivity contribution is -0.384. The minimum absolute atomic E-state index is 0. The zero-order valence-corrected chi connectivity index (χ0v) is 27.9. The number of piperidine rings is 1. The van der Waals surface area contributed by atoms with E-state index in [9.17, 15) is 23.3 Å². The quantitative estimate of drug-likeness (QED) is 0.119. The number of benzene rings is 3. The summed E-state index contributed by atoms with van der Waals surface area (Å²) in [6.45, 7) is 2.61. The van der Waals surface area contributed by atoms with Crippen LogP contribution in [0.2, 0.25) is 5.02 Å². The monoisotopic (exact) mass is 688 g/mol. The standard InChI is InChI=1S/C33H37ClN4O6S.ClH/c1-3-19-37(33(39)44-25-26-12-14-31(15-13-26)38(40)41)30-17-21-36(22-18-30)20-16-28(27-8-7-9-29(34)23-27)24-35(2)45(42,43)32-10-5-4-6-11-32;/h1,4-15,23,28,30H,16-22,24-25H2,2H3;1H. The summed E-state index contributed by atoms with van der Waals surface area (Å²) in [4.78, 5) is 27.5. The number of ether oxygens (including phenoxy) is 1. The Labute approximate surface area is 281 Å². The van der Waals surface area contributed by atoms with Crippen LogP contribution in [0.4, 0.5) is 10.5 Å². The molecule has 1 fully saturated rings. The van der Waals surface area contributed by atoms with Gasteiger partial charge in [0.15, 0.2) is 0 Å². The molecule has 10 nitrogen and oxygen atoms in total. The summed E-state index contributed by atoms with van der Waals surface area (Å²) in [6, 6.07) is 21.7. The maximum Gasteiger partial charge on any atom is 0.411 e. The highest BCUT2D eigenvalue weighted by Gasteiger charge is 2.30. The summed E-state index contributed by atoms with van der Waals surface area (Å²) < 4.78 is 33.4. The predicted octanol–water partition coefficient (Wildman–Crippen LogP) is 6.20. The number of hydrogen-bond donors (Lipinski definition) is 0. The van der Waals surface area contributed by atoms with Crippen molar-refractivity contribution in [3.63, 3.8) is 0 Å². The molecule has 1 amide bonds. The van der Waals surface area contributed by atoms with Crippen LogP contribution in [-0.4, -0.2) is 79.4 Å². The lowest BCUT2D eigenvalue weighted by atomic mass is 9.94. The molecular weight excluding hydrogens is 651 g/mol. The fraction of sp³-hybridized carbons (Fsp3) is 0.364. The molecule has 1 saturated heterocycles. The Morgan fingerprint density at radius 1 is 1.11 bits per heavy atom. The molecule has 0 aliphatic carbocycles. The third-order valence-corrected chi connectivity index (χ3v) is 10.1. The van der Waals surface area contributed by atoms with Gasteiger partial charge in [-0.2, -0.15) is 0 Å². The van der Waals surface area contributed by atoms with Crippen LogP contribution in [0.5, 0.6) is 0 Å². The molecule has 246 valence electrons. The lowest BCUT2D eigenvalue weighted by Crippen LogP contribution is -2.48. The average molecular weight is 690 g/mol. The van der Waals surface area contributed by atoms with Crippen LogP contribution in [-0.2, 0) is 21.4 Å². The Morgan fingerprint density at radius 2 is 1.78 bits per heavy atom. The van der Waals surface area contributed by atoms with Gasteiger partial charge in [0.25, 0.3) is 5.69 Å². The van der Waals surface area contributed by atoms with Crippen molar-refractivity contribution < 1.29 is 22.9 Å². The van der Waals surface area contributed by atoms with Crippen LogP contribution in [0.15, 0.2) is 83.8 Å². The summed E-state index contributed by atoms with van der Waals surface area (Å²) in [5.41, 5.74) is 1.58. The Morgan fingerprint density at radius 3 is 2.39 bits per heavy atom. The van der Waals surface area contributed by atoms with Crippen molar-refractivity contribution in [1.29, 1.82) is 0 Å². The highest BCUT2D eigenvalue weighted by Crippen LogP contribution is 2.27. The number of rotatable bonds is 13. The van der Waals surface area contributed by atoms with Gasteiger partial charge in [0, 0.05) is 49.9 Å². The molecule has 3 aromatic carbocycles. The molecule has 3 aromatic rings. The van der Waals surface area contributed by atoms with E-state index in [1.807, 2.05) is 18.2 Å². The SMILES string of the molecule is C#CCN(C(=O)OCc1ccc([N+](=O)[O-])cc1)C1CCN(CCC(CN(C)S(=O)(=O)c2ccccc2)c2cccc(Cl)c2)CC1.Cl. The van der Waals surface area contributed by atoms with Gasteiger partial charge in [0.1, 0.15) is 6.61 Å². The van der Waals surface area contributed by atoms with Crippen molar-refractivity contribution in [2.24, 2.45) is 0 Å². The number of nitro groups is 1. The van der Waals surface area contributed by atoms with Crippen molar-refractivity contribution in [2.45, 2.75) is 42.7 Å². The first-order valence-corrected chi connectivity index (χ1v) is 16.5. The van der Waals surface area contributed by atoms with Gasteiger partial charge in [-0.1, -0.05) is 47.9 Å². The van der Waals surface area contributed by atoms with E-state index in [0.717, 1.165) is 25.2 Å². The second-order valence-electron chi connectivity index (χ2n) is 11.0. The molecule has 0 bridgehead atoms. The molecule has 1 atom stereocenters. The van der Waals surface area contributed by atoms with Crippen molar-refractivity contribution in [1.82, 2.24) is 14.1 Å². The Balaban J connectivity index is 0.00000576. The summed E-state index contributed by atoms with van der Waals surface area (Å²) in [6.07, 6.45) is 7.18. The molecule has 13 heteroatoms. The number of terminal acetylenes is 1. The largest absolute Gasteiger partial charge is 0.445 e. The van der Waals surface area contributed by atoms with Crippen molar-refractivity contribution in [3.05, 3.63) is 105 Å². The number of non-ortho nitro benzene ring substituents is 1. The molecule has 0 radical (unpaired) electrons. The van der Waals surface area contributed by atoms with E-state index in [0.29, 0.717) is 36.4 Å². The Bertz CT molecular complexity index is 1590. The van der Waals surface area contributed by atoms with Crippen LogP contribution < -0.4 is 0 Å². The zero-order chi connectivity index (χ0) is 32.4. The number of nitrogens with zero attached hydrogens (tertiary/aromatic N) is 4. The number of amides is 1. The molecule has 1 aliphatic heterocycles. The summed E-state index contributed by atoms with van der Waals surface area (Å²) in [7, 11) is -2.06. The molecular formula is C33H38Cl2N4O6S. The fourth-order valence-corrected chi connectivity index (χ4v) is 6.92. The van der Waals surface area contributed by atoms with Gasteiger partial charge in [-0.25, -0.2) is 17.5 Å². The minimum Gasteiger partial charge on any atom is -0.445 e. The van der Waals surface area contributed by atoms with E-state index in [4.69, 9.17) is 22.8 Å². The number of carbonyl (C=O) groups is 1. The molecule has 0 N–H and O–H groups in total. The van der Waals surface area contributed by atoms with E-state index in [1.165, 1.54) is 16.4 Å². The molecule has 0 saturated carbocycles. The minimum atomic E-state index is -3.66. The summed E-state index contributed by atoms with van der Waals surface area (Å²) in [5, 5.41) is 11.5. The van der Waals surface area contributed by atoms with Crippen LogP contribution in [0.25, 0.3) is 0 Å². The Kier molecular flexibility index (Phi) is 13.9. The van der Waals surface area contributed by atoms with Gasteiger partial charge < -0.3 is 9.64 Å². The third-order valence-electron chi connectivity index (χ3n) is 8.05. The number of likely N-dealkylation sites (N-methyl/N-ethyl adjacent to an activating group) is 1. The number of nitro benzene ring substituents is 1. The van der Waals surface area contributed by atoms with Gasteiger partial charge in [0.2, 0.25) is 10.0 Å². The second kappa shape index (κ2) is 17.3. The van der Waals surface area contributed by atoms with Crippen LogP contribution in [0.1, 0.15) is 36.3 Å². The van der Waals surface area contributed by atoms with Crippen molar-refractivity contribution in [2.75, 3.05) is 39.8 Å². The maximum absolute atomic E-state index is 13.3. The molecule has 0 spiro atoms. The van der Waals surface area contributed by atoms with E-state index < -0.39 is 21.0 Å². The topological polar surface area (TPSA) is 113 Å². The summed E-state index contributed by atoms with van der Waals surface area (Å²) >= 11 is 6.31. The number of halogens is 2. The number of likely N-dealkylation sites (tertiary alicyclic amines) is 1. The van der Waals surface area contributed by atoms with Crippen molar-refractivity contribution >= 4 is 45.8 Å². The summed E-state index contributed by atoms with van der Waals surface area (Å²) in [5.74, 6) is 2.47. The van der Waals surface area contributed by atoms with Gasteiger partial charge in [0.05, 0.1) is 16.4 Å². The molecule has 1 aliphatic rings. The molecule has 1 heterocycles. The van der Waals surface area contributed by atoms with E-state index in [1.54, 1.807) is 60.5 Å². The first-order chi connectivity index (χ1) is 21.6. The normalized spacial score (nSPS) is 14.6. The first kappa shape index (κ1) is 36.8. The third kappa shape index (κ3) is 9.92. The van der Waals surface area contributed by atoms with Gasteiger partial charge in [-0.15, -0.1) is 18.8 Å². The second-order valence-corrected chi connectivity index (χ2v) is 13.5. The lowest BCUT2D eigenvalue weighted by Gasteiger charge is -2.37. The molecule has 46 heavy (non-hydrogen) atoms. The van der Waals surface area contributed by atoms with Crippen LogP contribution in [0, 0.1) is 22.5 Å². The first-order valence-electron chi connectivity index (χ1n) is 14.7. The van der Waals surface area contributed by atoms with Crippen LogP contribution >= 0.6 is 24.0 Å². The van der Waals surface area contributed by atoms with E-state index in [2.05, 4.69) is 10.8 Å². The van der Waals surface area contributed by atoms with Crippen LogP contribution in [0.3, 0.4) is 0 Å². The van der Waals surface area contributed by atoms with E-state index >= 15 is 0 Å². The predicted molar refractivity (Wildman–Crippen MR) is 181 cm³/mol. The zero-order valence-electron chi connectivity index (χ0n) is 25.5. The Hall–Kier alpha value is -3.66.